The molecule has 0 amide bonds. The first-order valence-corrected chi connectivity index (χ1v) is 5.09. The number of nitrogens with zero attached hydrogens (tertiary/aromatic N) is 5. The molecule has 2 aromatic rings. The van der Waals surface area contributed by atoms with Gasteiger partial charge in [-0.2, -0.15) is 5.10 Å². The Bertz CT molecular complexity index is 531. The number of aromatic amines is 1. The molecule has 0 bridgehead atoms. The maximum atomic E-state index is 10.8. The molecule has 90 valence electrons. The monoisotopic (exact) mass is 236 g/mol. The maximum absolute atomic E-state index is 10.8. The minimum absolute atomic E-state index is 0.224. The summed E-state index contributed by atoms with van der Waals surface area (Å²) in [6, 6.07) is 0. The molecule has 0 aliphatic rings. The van der Waals surface area contributed by atoms with E-state index in [0.717, 1.165) is 11.3 Å². The normalized spacial score (nSPS) is 12.6. The molecule has 0 aliphatic heterocycles. The first kappa shape index (κ1) is 11.2. The lowest BCUT2D eigenvalue weighted by molar-refractivity contribution is -0.141. The van der Waals surface area contributed by atoms with Crippen LogP contribution in [-0.4, -0.2) is 41.5 Å². The fourth-order valence-corrected chi connectivity index (χ4v) is 1.43. The van der Waals surface area contributed by atoms with Gasteiger partial charge in [-0.25, -0.2) is 4.68 Å². The van der Waals surface area contributed by atoms with Gasteiger partial charge in [-0.3, -0.25) is 9.89 Å². The lowest BCUT2D eigenvalue weighted by Gasteiger charge is -2.07. The van der Waals surface area contributed by atoms with Crippen LogP contribution >= 0.6 is 0 Å². The highest BCUT2D eigenvalue weighted by Gasteiger charge is 2.18. The molecule has 0 radical (unpaired) electrons. The number of aromatic nitrogens is 6. The smallest absolute Gasteiger partial charge is 0.308 e. The van der Waals surface area contributed by atoms with Crippen molar-refractivity contribution in [3.63, 3.8) is 0 Å². The maximum Gasteiger partial charge on any atom is 0.308 e. The van der Waals surface area contributed by atoms with Crippen LogP contribution in [-0.2, 0) is 11.3 Å². The Hall–Kier alpha value is -2.25. The van der Waals surface area contributed by atoms with Gasteiger partial charge in [0, 0.05) is 5.69 Å². The summed E-state index contributed by atoms with van der Waals surface area (Å²) in [5, 5.41) is 26.8. The zero-order chi connectivity index (χ0) is 12.4. The number of carboxylic acid groups (broad SMARTS) is 1. The second-order valence-corrected chi connectivity index (χ2v) is 3.83. The minimum atomic E-state index is -0.879. The van der Waals surface area contributed by atoms with E-state index < -0.39 is 11.9 Å². The predicted octanol–water partition coefficient (Wildman–Crippen LogP) is 0.0923. The van der Waals surface area contributed by atoms with E-state index in [4.69, 9.17) is 5.11 Å². The fourth-order valence-electron chi connectivity index (χ4n) is 1.43. The third-order valence-corrected chi connectivity index (χ3v) is 2.47. The first-order chi connectivity index (χ1) is 8.09. The van der Waals surface area contributed by atoms with Gasteiger partial charge in [0.2, 0.25) is 0 Å². The van der Waals surface area contributed by atoms with Crippen LogP contribution in [0.4, 0.5) is 0 Å². The summed E-state index contributed by atoms with van der Waals surface area (Å²) in [6.45, 7) is 3.68. The topological polar surface area (TPSA) is 110 Å². The average molecular weight is 236 g/mol. The SMILES string of the molecule is Cc1[nH]ncc1-c1nnnn1CC(C)C(=O)O. The molecule has 0 saturated carbocycles. The van der Waals surface area contributed by atoms with Crippen LogP contribution in [0, 0.1) is 12.8 Å². The van der Waals surface area contributed by atoms with Crippen molar-refractivity contribution in [3.8, 4) is 11.4 Å². The first-order valence-electron chi connectivity index (χ1n) is 5.09. The number of aliphatic carboxylic acids is 1. The molecule has 2 heterocycles. The summed E-state index contributed by atoms with van der Waals surface area (Å²) in [4.78, 5) is 10.8. The molecular weight excluding hydrogens is 224 g/mol. The molecule has 8 nitrogen and oxygen atoms in total. The van der Waals surface area contributed by atoms with Crippen LogP contribution in [0.15, 0.2) is 6.20 Å². The van der Waals surface area contributed by atoms with Gasteiger partial charge >= 0.3 is 5.97 Å². The summed E-state index contributed by atoms with van der Waals surface area (Å²) in [7, 11) is 0. The summed E-state index contributed by atoms with van der Waals surface area (Å²) in [6.07, 6.45) is 1.61. The number of carbonyl (C=O) groups is 1. The Morgan fingerprint density at radius 2 is 2.41 bits per heavy atom. The minimum Gasteiger partial charge on any atom is -0.481 e. The molecule has 0 aliphatic carbocycles. The molecule has 2 rings (SSSR count). The van der Waals surface area contributed by atoms with E-state index in [2.05, 4.69) is 25.7 Å². The van der Waals surface area contributed by atoms with Gasteiger partial charge in [0.05, 0.1) is 24.2 Å². The van der Waals surface area contributed by atoms with Crippen molar-refractivity contribution >= 4 is 5.97 Å². The summed E-state index contributed by atoms with van der Waals surface area (Å²) >= 11 is 0. The van der Waals surface area contributed by atoms with Gasteiger partial charge in [-0.15, -0.1) is 5.10 Å². The lowest BCUT2D eigenvalue weighted by Crippen LogP contribution is -2.18. The van der Waals surface area contributed by atoms with Crippen molar-refractivity contribution in [2.75, 3.05) is 0 Å². The number of hydrogen-bond donors (Lipinski definition) is 2. The third kappa shape index (κ3) is 2.14. The van der Waals surface area contributed by atoms with Gasteiger partial charge in [0.1, 0.15) is 0 Å². The van der Waals surface area contributed by atoms with Crippen LogP contribution in [0.25, 0.3) is 11.4 Å². The molecule has 2 aromatic heterocycles. The van der Waals surface area contributed by atoms with Crippen LogP contribution in [0.3, 0.4) is 0 Å². The third-order valence-electron chi connectivity index (χ3n) is 2.47. The molecule has 0 aromatic carbocycles. The van der Waals surface area contributed by atoms with Crippen LogP contribution in [0.2, 0.25) is 0 Å². The van der Waals surface area contributed by atoms with E-state index in [-0.39, 0.29) is 6.54 Å². The number of tetrazole rings is 1. The number of hydrogen-bond acceptors (Lipinski definition) is 5. The molecule has 0 fully saturated rings. The number of nitrogens with one attached hydrogen (secondary N) is 1. The van der Waals surface area contributed by atoms with Crippen molar-refractivity contribution in [1.82, 2.24) is 30.4 Å². The van der Waals surface area contributed by atoms with Gasteiger partial charge in [-0.1, -0.05) is 6.92 Å². The highest BCUT2D eigenvalue weighted by atomic mass is 16.4. The Morgan fingerprint density at radius 1 is 1.65 bits per heavy atom. The Balaban J connectivity index is 2.29. The van der Waals surface area contributed by atoms with Gasteiger partial charge in [-0.05, 0) is 17.4 Å². The lowest BCUT2D eigenvalue weighted by atomic mass is 10.2. The van der Waals surface area contributed by atoms with Crippen LogP contribution < -0.4 is 0 Å². The molecular formula is C9H12N6O2. The number of aryl methyl sites for hydroxylation is 1. The van der Waals surface area contributed by atoms with Crippen molar-refractivity contribution in [1.29, 1.82) is 0 Å². The van der Waals surface area contributed by atoms with Crippen molar-refractivity contribution in [2.45, 2.75) is 20.4 Å². The summed E-state index contributed by atoms with van der Waals surface area (Å²) < 4.78 is 1.47. The number of H-pyrrole nitrogens is 1. The summed E-state index contributed by atoms with van der Waals surface area (Å²) in [5.41, 5.74) is 1.61. The Labute approximate surface area is 96.6 Å². The molecule has 0 spiro atoms. The van der Waals surface area contributed by atoms with E-state index in [9.17, 15) is 4.79 Å². The fraction of sp³-hybridized carbons (Fsp3) is 0.444. The number of rotatable bonds is 4. The van der Waals surface area contributed by atoms with Crippen LogP contribution in [0.1, 0.15) is 12.6 Å². The van der Waals surface area contributed by atoms with E-state index in [0.29, 0.717) is 5.82 Å². The number of carboxylic acids is 1. The standard InChI is InChI=1S/C9H12N6O2/c1-5(9(16)17)4-15-8(12-13-14-15)7-3-10-11-6(7)2/h3,5H,4H2,1-2H3,(H,10,11)(H,16,17). The largest absolute Gasteiger partial charge is 0.481 e. The zero-order valence-corrected chi connectivity index (χ0v) is 9.45. The van der Waals surface area contributed by atoms with Gasteiger partial charge in [0.15, 0.2) is 5.82 Å². The van der Waals surface area contributed by atoms with E-state index >= 15 is 0 Å². The van der Waals surface area contributed by atoms with E-state index in [1.54, 1.807) is 13.1 Å². The Morgan fingerprint density at radius 3 is 3.00 bits per heavy atom. The molecule has 0 saturated heterocycles. The highest BCUT2D eigenvalue weighted by Crippen LogP contribution is 2.18. The molecule has 1 unspecified atom stereocenters. The van der Waals surface area contributed by atoms with Gasteiger partial charge in [0.25, 0.3) is 0 Å². The quantitative estimate of drug-likeness (QED) is 0.778. The van der Waals surface area contributed by atoms with Crippen molar-refractivity contribution in [3.05, 3.63) is 11.9 Å². The zero-order valence-electron chi connectivity index (χ0n) is 9.45. The van der Waals surface area contributed by atoms with Crippen LogP contribution in [0.5, 0.6) is 0 Å². The van der Waals surface area contributed by atoms with Crippen molar-refractivity contribution < 1.29 is 9.90 Å². The molecule has 1 atom stereocenters. The summed E-state index contributed by atoms with van der Waals surface area (Å²) in [5.74, 6) is -0.913. The second-order valence-electron chi connectivity index (χ2n) is 3.83. The highest BCUT2D eigenvalue weighted by molar-refractivity contribution is 5.69. The molecule has 8 heteroatoms. The van der Waals surface area contributed by atoms with E-state index in [1.807, 2.05) is 6.92 Å². The van der Waals surface area contributed by atoms with Crippen molar-refractivity contribution in [2.24, 2.45) is 5.92 Å². The van der Waals surface area contributed by atoms with E-state index in [1.165, 1.54) is 4.68 Å². The molecule has 2 N–H and O–H groups in total. The average Bonchev–Trinajstić information content (AvgIpc) is 2.86. The second kappa shape index (κ2) is 4.32. The Kier molecular flexibility index (Phi) is 2.86. The predicted molar refractivity (Wildman–Crippen MR) is 56.9 cm³/mol. The molecule has 17 heavy (non-hydrogen) atoms. The van der Waals surface area contributed by atoms with Gasteiger partial charge < -0.3 is 5.11 Å².